The van der Waals surface area contributed by atoms with Crippen LogP contribution in [0, 0.1) is 27.7 Å². The lowest BCUT2D eigenvalue weighted by Gasteiger charge is -2.14. The molecule has 3 rings (SSSR count). The number of nitrogens with zero attached hydrogens (tertiary/aromatic N) is 2. The molecule has 0 spiro atoms. The SMILES string of the molecule is Cc1cc(C(=O)Cn2cnc3sccc3c2=O)c(C)c(C)c1C. The molecule has 0 aliphatic heterocycles. The second-order valence-corrected chi connectivity index (χ2v) is 6.75. The Kier molecular flexibility index (Phi) is 3.90. The monoisotopic (exact) mass is 326 g/mol. The first-order chi connectivity index (χ1) is 10.9. The normalized spacial score (nSPS) is 11.1. The molecule has 0 amide bonds. The average molecular weight is 326 g/mol. The summed E-state index contributed by atoms with van der Waals surface area (Å²) in [7, 11) is 0. The van der Waals surface area contributed by atoms with Gasteiger partial charge in [-0.1, -0.05) is 0 Å². The number of Topliss-reactive ketones (excluding diaryl/α,β-unsaturated/α-hetero) is 1. The Labute approximate surface area is 138 Å². The third-order valence-electron chi connectivity index (χ3n) is 4.55. The minimum absolute atomic E-state index is 0.0143. The molecule has 4 nitrogen and oxygen atoms in total. The predicted molar refractivity (Wildman–Crippen MR) is 93.6 cm³/mol. The number of benzene rings is 1. The molecule has 0 unspecified atom stereocenters. The number of carbonyl (C=O) groups is 1. The summed E-state index contributed by atoms with van der Waals surface area (Å²) in [6.07, 6.45) is 1.46. The van der Waals surface area contributed by atoms with Crippen LogP contribution in [0.4, 0.5) is 0 Å². The van der Waals surface area contributed by atoms with Gasteiger partial charge in [0.1, 0.15) is 4.83 Å². The van der Waals surface area contributed by atoms with E-state index in [0.29, 0.717) is 15.8 Å². The molecule has 2 heterocycles. The fraction of sp³-hybridized carbons (Fsp3) is 0.278. The van der Waals surface area contributed by atoms with E-state index in [1.807, 2.05) is 32.2 Å². The van der Waals surface area contributed by atoms with Crippen LogP contribution in [0.3, 0.4) is 0 Å². The highest BCUT2D eigenvalue weighted by molar-refractivity contribution is 7.16. The van der Waals surface area contributed by atoms with Crippen molar-refractivity contribution < 1.29 is 4.79 Å². The maximum atomic E-state index is 12.7. The number of aromatic nitrogens is 2. The van der Waals surface area contributed by atoms with Crippen LogP contribution in [0.2, 0.25) is 0 Å². The molecule has 2 aromatic heterocycles. The van der Waals surface area contributed by atoms with E-state index in [-0.39, 0.29) is 17.9 Å². The van der Waals surface area contributed by atoms with E-state index in [9.17, 15) is 9.59 Å². The van der Waals surface area contributed by atoms with E-state index in [0.717, 1.165) is 16.7 Å². The number of rotatable bonds is 3. The maximum Gasteiger partial charge on any atom is 0.262 e. The van der Waals surface area contributed by atoms with Gasteiger partial charge >= 0.3 is 0 Å². The Morgan fingerprint density at radius 2 is 1.91 bits per heavy atom. The molecule has 1 aromatic carbocycles. The Balaban J connectivity index is 2.01. The quantitative estimate of drug-likeness (QED) is 0.691. The van der Waals surface area contributed by atoms with Gasteiger partial charge in [-0.05, 0) is 67.5 Å². The highest BCUT2D eigenvalue weighted by Gasteiger charge is 2.15. The molecule has 0 aliphatic carbocycles. The topological polar surface area (TPSA) is 52.0 Å². The number of hydrogen-bond donors (Lipinski definition) is 0. The van der Waals surface area contributed by atoms with Crippen molar-refractivity contribution in [2.75, 3.05) is 0 Å². The smallest absolute Gasteiger partial charge is 0.262 e. The summed E-state index contributed by atoms with van der Waals surface area (Å²) >= 11 is 1.42. The van der Waals surface area contributed by atoms with Gasteiger partial charge in [0.2, 0.25) is 0 Å². The van der Waals surface area contributed by atoms with E-state index in [2.05, 4.69) is 11.9 Å². The van der Waals surface area contributed by atoms with E-state index in [4.69, 9.17) is 0 Å². The molecule has 5 heteroatoms. The third-order valence-corrected chi connectivity index (χ3v) is 5.37. The minimum atomic E-state index is -0.164. The zero-order valence-corrected chi connectivity index (χ0v) is 14.5. The second-order valence-electron chi connectivity index (χ2n) is 5.86. The fourth-order valence-electron chi connectivity index (χ4n) is 2.75. The van der Waals surface area contributed by atoms with Gasteiger partial charge in [-0.25, -0.2) is 4.98 Å². The van der Waals surface area contributed by atoms with Crippen molar-refractivity contribution in [2.24, 2.45) is 0 Å². The molecule has 0 N–H and O–H groups in total. The number of fused-ring (bicyclic) bond motifs is 1. The van der Waals surface area contributed by atoms with Gasteiger partial charge in [0, 0.05) is 5.56 Å². The van der Waals surface area contributed by atoms with Crippen LogP contribution in [0.1, 0.15) is 32.6 Å². The summed E-state index contributed by atoms with van der Waals surface area (Å²) in [5, 5.41) is 2.40. The van der Waals surface area contributed by atoms with Crippen LogP contribution < -0.4 is 5.56 Å². The molecular formula is C18H18N2O2S. The molecule has 0 radical (unpaired) electrons. The molecule has 0 bridgehead atoms. The van der Waals surface area contributed by atoms with Crippen LogP contribution in [0.5, 0.6) is 0 Å². The standard InChI is InChI=1S/C18H18N2O2S/c1-10-7-15(13(4)12(3)11(10)2)16(21)8-20-9-19-17-14(18(20)22)5-6-23-17/h5-7,9H,8H2,1-4H3. The lowest BCUT2D eigenvalue weighted by atomic mass is 9.92. The fourth-order valence-corrected chi connectivity index (χ4v) is 3.47. The molecule has 0 saturated heterocycles. The van der Waals surface area contributed by atoms with Gasteiger partial charge in [0.25, 0.3) is 5.56 Å². The van der Waals surface area contributed by atoms with Crippen molar-refractivity contribution in [3.05, 3.63) is 62.0 Å². The molecule has 0 atom stereocenters. The van der Waals surface area contributed by atoms with Gasteiger partial charge in [-0.15, -0.1) is 11.3 Å². The van der Waals surface area contributed by atoms with E-state index in [1.54, 1.807) is 6.07 Å². The van der Waals surface area contributed by atoms with E-state index in [1.165, 1.54) is 27.8 Å². The summed E-state index contributed by atoms with van der Waals surface area (Å²) < 4.78 is 1.39. The van der Waals surface area contributed by atoms with E-state index < -0.39 is 0 Å². The van der Waals surface area contributed by atoms with Gasteiger partial charge in [0.05, 0.1) is 18.3 Å². The Bertz CT molecular complexity index is 983. The lowest BCUT2D eigenvalue weighted by Crippen LogP contribution is -2.24. The molecule has 118 valence electrons. The van der Waals surface area contributed by atoms with Crippen molar-refractivity contribution in [2.45, 2.75) is 34.2 Å². The highest BCUT2D eigenvalue weighted by Crippen LogP contribution is 2.22. The number of aryl methyl sites for hydroxylation is 1. The van der Waals surface area contributed by atoms with Gasteiger partial charge < -0.3 is 0 Å². The lowest BCUT2D eigenvalue weighted by molar-refractivity contribution is 0.0970. The van der Waals surface area contributed by atoms with Crippen molar-refractivity contribution in [3.63, 3.8) is 0 Å². The van der Waals surface area contributed by atoms with Crippen molar-refractivity contribution >= 4 is 27.3 Å². The number of thiophene rings is 1. The molecule has 23 heavy (non-hydrogen) atoms. The van der Waals surface area contributed by atoms with Crippen LogP contribution in [-0.4, -0.2) is 15.3 Å². The van der Waals surface area contributed by atoms with Crippen molar-refractivity contribution in [1.82, 2.24) is 9.55 Å². The van der Waals surface area contributed by atoms with Gasteiger partial charge in [0.15, 0.2) is 5.78 Å². The second kappa shape index (κ2) is 5.74. The average Bonchev–Trinajstić information content (AvgIpc) is 3.01. The van der Waals surface area contributed by atoms with E-state index >= 15 is 0 Å². The number of ketones is 1. The minimum Gasteiger partial charge on any atom is -0.292 e. The third kappa shape index (κ3) is 2.61. The first-order valence-electron chi connectivity index (χ1n) is 7.43. The Morgan fingerprint density at radius 3 is 2.65 bits per heavy atom. The van der Waals surface area contributed by atoms with Gasteiger partial charge in [-0.2, -0.15) is 0 Å². The molecule has 0 fully saturated rings. The first-order valence-corrected chi connectivity index (χ1v) is 8.31. The number of carbonyl (C=O) groups excluding carboxylic acids is 1. The molecule has 0 saturated carbocycles. The molecule has 3 aromatic rings. The van der Waals surface area contributed by atoms with Crippen molar-refractivity contribution in [1.29, 1.82) is 0 Å². The molecule has 0 aliphatic rings. The van der Waals surface area contributed by atoms with Crippen LogP contribution in [0.25, 0.3) is 10.2 Å². The highest BCUT2D eigenvalue weighted by atomic mass is 32.1. The van der Waals surface area contributed by atoms with Crippen LogP contribution in [-0.2, 0) is 6.54 Å². The maximum absolute atomic E-state index is 12.7. The summed E-state index contributed by atoms with van der Waals surface area (Å²) in [6, 6.07) is 3.67. The summed E-state index contributed by atoms with van der Waals surface area (Å²) in [6.45, 7) is 8.06. The summed E-state index contributed by atoms with van der Waals surface area (Å²) in [5.41, 5.74) is 4.93. The largest absolute Gasteiger partial charge is 0.292 e. The van der Waals surface area contributed by atoms with Crippen LogP contribution in [0.15, 0.2) is 28.6 Å². The Morgan fingerprint density at radius 1 is 1.17 bits per heavy atom. The first kappa shape index (κ1) is 15.6. The summed E-state index contributed by atoms with van der Waals surface area (Å²) in [5.74, 6) is -0.0628. The predicted octanol–water partition coefficient (Wildman–Crippen LogP) is 3.57. The summed E-state index contributed by atoms with van der Waals surface area (Å²) in [4.78, 5) is 30.1. The zero-order chi connectivity index (χ0) is 16.7. The number of hydrogen-bond acceptors (Lipinski definition) is 4. The van der Waals surface area contributed by atoms with Crippen LogP contribution >= 0.6 is 11.3 Å². The Hall–Kier alpha value is -2.27. The molecular weight excluding hydrogens is 308 g/mol. The van der Waals surface area contributed by atoms with Crippen molar-refractivity contribution in [3.8, 4) is 0 Å². The van der Waals surface area contributed by atoms with Gasteiger partial charge in [-0.3, -0.25) is 14.2 Å². The zero-order valence-electron chi connectivity index (χ0n) is 13.6.